The van der Waals surface area contributed by atoms with Crippen molar-refractivity contribution in [1.82, 2.24) is 5.32 Å². The summed E-state index contributed by atoms with van der Waals surface area (Å²) in [5, 5.41) is 2.64. The highest BCUT2D eigenvalue weighted by Gasteiger charge is 2.29. The maximum atomic E-state index is 12.3. The summed E-state index contributed by atoms with van der Waals surface area (Å²) < 4.78 is 0. The third-order valence-corrected chi connectivity index (χ3v) is 3.82. The van der Waals surface area contributed by atoms with Gasteiger partial charge in [0, 0.05) is 12.2 Å². The first-order valence-electron chi connectivity index (χ1n) is 7.22. The van der Waals surface area contributed by atoms with E-state index in [-0.39, 0.29) is 23.8 Å². The van der Waals surface area contributed by atoms with Gasteiger partial charge in [-0.15, -0.1) is 0 Å². The Kier molecular flexibility index (Phi) is 4.32. The zero-order chi connectivity index (χ0) is 15.6. The molecule has 1 heterocycles. The molecule has 114 valence electrons. The number of amides is 2. The van der Waals surface area contributed by atoms with Gasteiger partial charge in [0.25, 0.3) is 0 Å². The molecule has 2 rings (SSSR count). The molecular formula is C16H23N3O2. The van der Waals surface area contributed by atoms with Crippen molar-refractivity contribution in [2.24, 2.45) is 11.1 Å². The molecule has 0 aromatic heterocycles. The molecule has 2 amide bonds. The van der Waals surface area contributed by atoms with Gasteiger partial charge in [0.15, 0.2) is 0 Å². The van der Waals surface area contributed by atoms with E-state index in [0.717, 1.165) is 12.1 Å². The van der Waals surface area contributed by atoms with Gasteiger partial charge in [-0.1, -0.05) is 39.0 Å². The number of carbonyl (C=O) groups excluding carboxylic acids is 2. The minimum atomic E-state index is -0.629. The minimum Gasteiger partial charge on any atom is -0.346 e. The predicted molar refractivity (Wildman–Crippen MR) is 82.9 cm³/mol. The van der Waals surface area contributed by atoms with Crippen LogP contribution in [-0.2, 0) is 16.0 Å². The van der Waals surface area contributed by atoms with Crippen LogP contribution in [-0.4, -0.2) is 30.9 Å². The average Bonchev–Trinajstić information content (AvgIpc) is 2.86. The molecule has 5 heteroatoms. The van der Waals surface area contributed by atoms with E-state index in [2.05, 4.69) is 5.32 Å². The summed E-state index contributed by atoms with van der Waals surface area (Å²) in [4.78, 5) is 25.9. The van der Waals surface area contributed by atoms with Crippen LogP contribution < -0.4 is 16.0 Å². The van der Waals surface area contributed by atoms with Crippen molar-refractivity contribution >= 4 is 17.5 Å². The van der Waals surface area contributed by atoms with E-state index < -0.39 is 6.04 Å². The fourth-order valence-corrected chi connectivity index (χ4v) is 2.36. The van der Waals surface area contributed by atoms with Gasteiger partial charge in [0.1, 0.15) is 0 Å². The number of nitrogens with one attached hydrogen (secondary N) is 1. The minimum absolute atomic E-state index is 0.0169. The maximum Gasteiger partial charge on any atom is 0.246 e. The monoisotopic (exact) mass is 289 g/mol. The lowest BCUT2D eigenvalue weighted by Crippen LogP contribution is -2.51. The number of carbonyl (C=O) groups is 2. The number of fused-ring (bicyclic) bond motifs is 1. The van der Waals surface area contributed by atoms with Gasteiger partial charge in [-0.2, -0.15) is 0 Å². The van der Waals surface area contributed by atoms with Crippen LogP contribution >= 0.6 is 0 Å². The number of anilines is 1. The number of hydrogen-bond acceptors (Lipinski definition) is 3. The van der Waals surface area contributed by atoms with Crippen molar-refractivity contribution in [3.8, 4) is 0 Å². The SMILES string of the molecule is CC(C)(C)[C@H](N)C(=O)NCC(=O)N1CCc2ccccc21. The summed E-state index contributed by atoms with van der Waals surface area (Å²) in [6, 6.07) is 7.21. The third-order valence-electron chi connectivity index (χ3n) is 3.82. The standard InChI is InChI=1S/C16H23N3O2/c1-16(2,3)14(17)15(21)18-10-13(20)19-9-8-11-6-4-5-7-12(11)19/h4-7,14H,8-10,17H2,1-3H3,(H,18,21)/t14-/m1/s1. The molecule has 0 saturated heterocycles. The van der Waals surface area contributed by atoms with Gasteiger partial charge in [0.2, 0.25) is 11.8 Å². The van der Waals surface area contributed by atoms with Crippen LogP contribution in [0.15, 0.2) is 24.3 Å². The molecule has 0 bridgehead atoms. The molecule has 0 radical (unpaired) electrons. The van der Waals surface area contributed by atoms with Crippen LogP contribution in [0.4, 0.5) is 5.69 Å². The van der Waals surface area contributed by atoms with Gasteiger partial charge in [0.05, 0.1) is 12.6 Å². The van der Waals surface area contributed by atoms with Gasteiger partial charge in [-0.3, -0.25) is 9.59 Å². The van der Waals surface area contributed by atoms with Crippen LogP contribution in [0.3, 0.4) is 0 Å². The summed E-state index contributed by atoms with van der Waals surface area (Å²) in [5.41, 5.74) is 7.66. The van der Waals surface area contributed by atoms with Crippen LogP contribution in [0, 0.1) is 5.41 Å². The van der Waals surface area contributed by atoms with E-state index in [1.54, 1.807) is 4.90 Å². The molecule has 1 aromatic rings. The smallest absolute Gasteiger partial charge is 0.246 e. The lowest BCUT2D eigenvalue weighted by Gasteiger charge is -2.26. The molecule has 0 spiro atoms. The number of nitrogens with two attached hydrogens (primary N) is 1. The van der Waals surface area contributed by atoms with Crippen molar-refractivity contribution < 1.29 is 9.59 Å². The summed E-state index contributed by atoms with van der Waals surface area (Å²) in [6.07, 6.45) is 0.858. The summed E-state index contributed by atoms with van der Waals surface area (Å²) >= 11 is 0. The lowest BCUT2D eigenvalue weighted by atomic mass is 9.87. The van der Waals surface area contributed by atoms with Gasteiger partial charge < -0.3 is 16.0 Å². The highest BCUT2D eigenvalue weighted by Crippen LogP contribution is 2.27. The molecule has 0 saturated carbocycles. The Labute approximate surface area is 125 Å². The Morgan fingerprint density at radius 1 is 1.33 bits per heavy atom. The van der Waals surface area contributed by atoms with Crippen LogP contribution in [0.2, 0.25) is 0 Å². The van der Waals surface area contributed by atoms with Crippen LogP contribution in [0.5, 0.6) is 0 Å². The Hall–Kier alpha value is -1.88. The molecule has 0 aliphatic carbocycles. The number of benzene rings is 1. The topological polar surface area (TPSA) is 75.4 Å². The third kappa shape index (κ3) is 3.42. The molecule has 3 N–H and O–H groups in total. The van der Waals surface area contributed by atoms with E-state index in [1.807, 2.05) is 45.0 Å². The molecular weight excluding hydrogens is 266 g/mol. The van der Waals surface area contributed by atoms with Crippen molar-refractivity contribution in [3.05, 3.63) is 29.8 Å². The van der Waals surface area contributed by atoms with Crippen molar-refractivity contribution in [3.63, 3.8) is 0 Å². The zero-order valence-corrected chi connectivity index (χ0v) is 12.8. The van der Waals surface area contributed by atoms with Gasteiger partial charge >= 0.3 is 0 Å². The predicted octanol–water partition coefficient (Wildman–Crippen LogP) is 1.07. The van der Waals surface area contributed by atoms with Crippen LogP contribution in [0.1, 0.15) is 26.3 Å². The highest BCUT2D eigenvalue weighted by molar-refractivity contribution is 5.98. The Morgan fingerprint density at radius 3 is 2.67 bits per heavy atom. The highest BCUT2D eigenvalue weighted by atomic mass is 16.2. The van der Waals surface area contributed by atoms with Crippen molar-refractivity contribution in [2.45, 2.75) is 33.2 Å². The second-order valence-electron chi connectivity index (χ2n) is 6.49. The molecule has 1 aromatic carbocycles. The molecule has 1 atom stereocenters. The van der Waals surface area contributed by atoms with Gasteiger partial charge in [-0.05, 0) is 23.5 Å². The second kappa shape index (κ2) is 5.85. The van der Waals surface area contributed by atoms with Gasteiger partial charge in [-0.25, -0.2) is 0 Å². The summed E-state index contributed by atoms with van der Waals surface area (Å²) in [6.45, 7) is 6.34. The summed E-state index contributed by atoms with van der Waals surface area (Å²) in [5.74, 6) is -0.391. The number of rotatable bonds is 3. The molecule has 0 fully saturated rings. The Morgan fingerprint density at radius 2 is 2.00 bits per heavy atom. The maximum absolute atomic E-state index is 12.3. The Bertz CT molecular complexity index is 549. The quantitative estimate of drug-likeness (QED) is 0.874. The first-order chi connectivity index (χ1) is 9.80. The van der Waals surface area contributed by atoms with Crippen molar-refractivity contribution in [2.75, 3.05) is 18.0 Å². The zero-order valence-electron chi connectivity index (χ0n) is 12.8. The number of hydrogen-bond donors (Lipinski definition) is 2. The second-order valence-corrected chi connectivity index (χ2v) is 6.49. The first kappa shape index (κ1) is 15.5. The van der Waals surface area contributed by atoms with Crippen LogP contribution in [0.25, 0.3) is 0 Å². The molecule has 1 aliphatic heterocycles. The fourth-order valence-electron chi connectivity index (χ4n) is 2.36. The largest absolute Gasteiger partial charge is 0.346 e. The fraction of sp³-hybridized carbons (Fsp3) is 0.500. The van der Waals surface area contributed by atoms with E-state index in [1.165, 1.54) is 5.56 Å². The van der Waals surface area contributed by atoms with Crippen molar-refractivity contribution in [1.29, 1.82) is 0 Å². The molecule has 5 nitrogen and oxygen atoms in total. The number of para-hydroxylation sites is 1. The number of nitrogens with zero attached hydrogens (tertiary/aromatic N) is 1. The summed E-state index contributed by atoms with van der Waals surface area (Å²) in [7, 11) is 0. The molecule has 21 heavy (non-hydrogen) atoms. The lowest BCUT2D eigenvalue weighted by molar-refractivity contribution is -0.127. The van der Waals surface area contributed by atoms with E-state index in [9.17, 15) is 9.59 Å². The van der Waals surface area contributed by atoms with E-state index in [4.69, 9.17) is 5.73 Å². The molecule has 0 unspecified atom stereocenters. The normalized spacial score (nSPS) is 15.5. The molecule has 1 aliphatic rings. The van der Waals surface area contributed by atoms with E-state index in [0.29, 0.717) is 6.54 Å². The Balaban J connectivity index is 1.94. The average molecular weight is 289 g/mol. The van der Waals surface area contributed by atoms with E-state index >= 15 is 0 Å². The first-order valence-corrected chi connectivity index (χ1v) is 7.22.